The third kappa shape index (κ3) is 2.43. The van der Waals surface area contributed by atoms with Crippen molar-refractivity contribution in [2.45, 2.75) is 25.7 Å². The van der Waals surface area contributed by atoms with Gasteiger partial charge in [-0.3, -0.25) is 9.78 Å². The number of piperidine rings is 1. The number of benzene rings is 1. The molecule has 2 heterocycles. The summed E-state index contributed by atoms with van der Waals surface area (Å²) in [6.45, 7) is 3.77. The minimum absolute atomic E-state index is 0.0467. The molecule has 0 atom stereocenters. The van der Waals surface area contributed by atoms with Crippen molar-refractivity contribution in [2.75, 3.05) is 20.1 Å². The monoisotopic (exact) mass is 269 g/mol. The molecule has 1 aliphatic rings. The Balaban J connectivity index is 2.01. The summed E-state index contributed by atoms with van der Waals surface area (Å²) in [7, 11) is 2.15. The molecule has 0 unspecified atom stereocenters. The van der Waals surface area contributed by atoms with Gasteiger partial charge < -0.3 is 4.90 Å². The molecule has 1 aromatic heterocycles. The summed E-state index contributed by atoms with van der Waals surface area (Å²) in [6.07, 6.45) is 4.10. The lowest BCUT2D eigenvalue weighted by Gasteiger charge is -2.28. The van der Waals surface area contributed by atoms with Crippen molar-refractivity contribution < 1.29 is 4.79 Å². The Morgan fingerprint density at radius 1 is 1.30 bits per heavy atom. The second-order valence-corrected chi connectivity index (χ2v) is 5.60. The molecule has 0 radical (unpaired) electrons. The van der Waals surface area contributed by atoms with Crippen LogP contribution in [0, 0.1) is 0 Å². The van der Waals surface area contributed by atoms with E-state index in [4.69, 9.17) is 4.98 Å². The van der Waals surface area contributed by atoms with Crippen LogP contribution in [0.15, 0.2) is 24.4 Å². The fourth-order valence-corrected chi connectivity index (χ4v) is 2.83. The van der Waals surface area contributed by atoms with Crippen LogP contribution in [0.3, 0.4) is 0 Å². The number of rotatable bonds is 2. The first kappa shape index (κ1) is 13.2. The van der Waals surface area contributed by atoms with Gasteiger partial charge in [-0.05, 0) is 52.0 Å². The first-order chi connectivity index (χ1) is 9.65. The first-order valence-electron chi connectivity index (χ1n) is 7.10. The van der Waals surface area contributed by atoms with Crippen molar-refractivity contribution in [3.63, 3.8) is 0 Å². The molecule has 1 fully saturated rings. The third-order valence-corrected chi connectivity index (χ3v) is 4.11. The zero-order valence-electron chi connectivity index (χ0n) is 12.0. The Bertz CT molecular complexity index is 645. The number of likely N-dealkylation sites (tertiary alicyclic amines) is 1. The van der Waals surface area contributed by atoms with E-state index >= 15 is 0 Å². The van der Waals surface area contributed by atoms with Gasteiger partial charge >= 0.3 is 0 Å². The molecule has 0 aliphatic carbocycles. The summed E-state index contributed by atoms with van der Waals surface area (Å²) in [5, 5.41) is 0. The molecule has 0 spiro atoms. The largest absolute Gasteiger partial charge is 0.306 e. The quantitative estimate of drug-likeness (QED) is 0.786. The molecule has 3 rings (SSSR count). The van der Waals surface area contributed by atoms with E-state index in [1.165, 1.54) is 0 Å². The number of fused-ring (bicyclic) bond motifs is 1. The zero-order valence-corrected chi connectivity index (χ0v) is 12.0. The summed E-state index contributed by atoms with van der Waals surface area (Å²) in [4.78, 5) is 23.3. The number of aromatic nitrogens is 2. The fourth-order valence-electron chi connectivity index (χ4n) is 2.83. The summed E-state index contributed by atoms with van der Waals surface area (Å²) in [5.74, 6) is 0.508. The van der Waals surface area contributed by atoms with Gasteiger partial charge in [0.25, 0.3) is 0 Å². The van der Waals surface area contributed by atoms with Crippen LogP contribution in [0.25, 0.3) is 11.0 Å². The minimum atomic E-state index is 0.0467. The first-order valence-corrected chi connectivity index (χ1v) is 7.10. The Hall–Kier alpha value is -1.81. The number of carbonyl (C=O) groups is 1. The lowest BCUT2D eigenvalue weighted by atomic mass is 9.94. The van der Waals surface area contributed by atoms with Crippen molar-refractivity contribution in [3.8, 4) is 0 Å². The van der Waals surface area contributed by atoms with Crippen molar-refractivity contribution in [3.05, 3.63) is 35.7 Å². The molecule has 1 saturated heterocycles. The van der Waals surface area contributed by atoms with E-state index in [0.717, 1.165) is 42.7 Å². The predicted molar refractivity (Wildman–Crippen MR) is 79.0 cm³/mol. The smallest absolute Gasteiger partial charge is 0.162 e. The van der Waals surface area contributed by atoms with Crippen LogP contribution in [0.4, 0.5) is 0 Å². The lowest BCUT2D eigenvalue weighted by molar-refractivity contribution is 0.101. The highest BCUT2D eigenvalue weighted by atomic mass is 16.1. The van der Waals surface area contributed by atoms with E-state index in [1.54, 1.807) is 6.92 Å². The van der Waals surface area contributed by atoms with Crippen LogP contribution in [0.1, 0.15) is 41.7 Å². The van der Waals surface area contributed by atoms with Gasteiger partial charge in [0.05, 0.1) is 16.7 Å². The van der Waals surface area contributed by atoms with Crippen LogP contribution in [-0.4, -0.2) is 40.8 Å². The highest BCUT2D eigenvalue weighted by molar-refractivity contribution is 6.04. The van der Waals surface area contributed by atoms with E-state index in [0.29, 0.717) is 11.5 Å². The maximum atomic E-state index is 11.7. The average molecular weight is 269 g/mol. The zero-order chi connectivity index (χ0) is 14.1. The highest BCUT2D eigenvalue weighted by Crippen LogP contribution is 2.27. The van der Waals surface area contributed by atoms with Gasteiger partial charge in [-0.2, -0.15) is 0 Å². The molecule has 0 amide bonds. The maximum Gasteiger partial charge on any atom is 0.162 e. The van der Waals surface area contributed by atoms with E-state index in [-0.39, 0.29) is 5.78 Å². The van der Waals surface area contributed by atoms with Crippen LogP contribution >= 0.6 is 0 Å². The Kier molecular flexibility index (Phi) is 3.49. The van der Waals surface area contributed by atoms with E-state index in [1.807, 2.05) is 24.4 Å². The Morgan fingerprint density at radius 2 is 2.05 bits per heavy atom. The molecular weight excluding hydrogens is 250 g/mol. The van der Waals surface area contributed by atoms with Crippen LogP contribution in [0.5, 0.6) is 0 Å². The predicted octanol–water partition coefficient (Wildman–Crippen LogP) is 2.64. The Morgan fingerprint density at radius 3 is 2.75 bits per heavy atom. The SMILES string of the molecule is CC(=O)c1cccc2ncc(C3CCN(C)CC3)nc12. The molecule has 104 valence electrons. The van der Waals surface area contributed by atoms with E-state index in [2.05, 4.69) is 16.9 Å². The lowest BCUT2D eigenvalue weighted by Crippen LogP contribution is -2.29. The summed E-state index contributed by atoms with van der Waals surface area (Å²) < 4.78 is 0. The fraction of sp³-hybridized carbons (Fsp3) is 0.438. The second kappa shape index (κ2) is 5.29. The van der Waals surface area contributed by atoms with Crippen LogP contribution in [-0.2, 0) is 0 Å². The highest BCUT2D eigenvalue weighted by Gasteiger charge is 2.20. The average Bonchev–Trinajstić information content (AvgIpc) is 2.46. The van der Waals surface area contributed by atoms with Gasteiger partial charge in [-0.15, -0.1) is 0 Å². The molecule has 1 aliphatic heterocycles. The molecule has 0 saturated carbocycles. The van der Waals surface area contributed by atoms with Crippen molar-refractivity contribution in [2.24, 2.45) is 0 Å². The molecule has 1 aromatic carbocycles. The van der Waals surface area contributed by atoms with Crippen LogP contribution in [0.2, 0.25) is 0 Å². The molecule has 4 heteroatoms. The van der Waals surface area contributed by atoms with Gasteiger partial charge in [0.15, 0.2) is 5.78 Å². The van der Waals surface area contributed by atoms with Crippen molar-refractivity contribution in [1.82, 2.24) is 14.9 Å². The number of hydrogen-bond donors (Lipinski definition) is 0. The second-order valence-electron chi connectivity index (χ2n) is 5.60. The molecule has 4 nitrogen and oxygen atoms in total. The van der Waals surface area contributed by atoms with Gasteiger partial charge in [0.2, 0.25) is 0 Å². The summed E-state index contributed by atoms with van der Waals surface area (Å²) in [5.41, 5.74) is 3.25. The summed E-state index contributed by atoms with van der Waals surface area (Å²) in [6, 6.07) is 5.61. The summed E-state index contributed by atoms with van der Waals surface area (Å²) >= 11 is 0. The molecule has 2 aromatic rings. The maximum absolute atomic E-state index is 11.7. The van der Waals surface area contributed by atoms with Crippen molar-refractivity contribution >= 4 is 16.8 Å². The topological polar surface area (TPSA) is 46.1 Å². The third-order valence-electron chi connectivity index (χ3n) is 4.11. The molecular formula is C16H19N3O. The van der Waals surface area contributed by atoms with Crippen molar-refractivity contribution in [1.29, 1.82) is 0 Å². The van der Waals surface area contributed by atoms with Gasteiger partial charge in [-0.1, -0.05) is 6.07 Å². The van der Waals surface area contributed by atoms with E-state index in [9.17, 15) is 4.79 Å². The van der Waals surface area contributed by atoms with Gasteiger partial charge in [-0.25, -0.2) is 4.98 Å². The number of para-hydroxylation sites is 1. The van der Waals surface area contributed by atoms with Gasteiger partial charge in [0.1, 0.15) is 0 Å². The number of ketones is 1. The normalized spacial score (nSPS) is 17.5. The van der Waals surface area contributed by atoms with E-state index < -0.39 is 0 Å². The van der Waals surface area contributed by atoms with Gasteiger partial charge in [0, 0.05) is 17.7 Å². The minimum Gasteiger partial charge on any atom is -0.306 e. The number of hydrogen-bond acceptors (Lipinski definition) is 4. The molecule has 0 bridgehead atoms. The molecule has 0 N–H and O–H groups in total. The molecule has 20 heavy (non-hydrogen) atoms. The Labute approximate surface area is 118 Å². The number of nitrogens with zero attached hydrogens (tertiary/aromatic N) is 3. The number of Topliss-reactive ketones (excluding diaryl/α,β-unsaturated/α-hetero) is 1. The number of carbonyl (C=O) groups excluding carboxylic acids is 1. The van der Waals surface area contributed by atoms with Crippen LogP contribution < -0.4 is 0 Å². The standard InChI is InChI=1S/C16H19N3O/c1-11(20)13-4-3-5-14-16(13)18-15(10-17-14)12-6-8-19(2)9-7-12/h3-5,10,12H,6-9H2,1-2H3.